The van der Waals surface area contributed by atoms with E-state index >= 15 is 0 Å². The second-order valence-electron chi connectivity index (χ2n) is 8.27. The molecule has 1 aliphatic heterocycles. The van der Waals surface area contributed by atoms with Gasteiger partial charge in [-0.25, -0.2) is 0 Å². The second-order valence-corrected chi connectivity index (χ2v) is 8.27. The number of hydrogen-bond acceptors (Lipinski definition) is 4. The highest BCUT2D eigenvalue weighted by atomic mass is 16.5. The van der Waals surface area contributed by atoms with Gasteiger partial charge < -0.3 is 19.2 Å². The Morgan fingerprint density at radius 3 is 2.54 bits per heavy atom. The van der Waals surface area contributed by atoms with Gasteiger partial charge in [0.1, 0.15) is 23.4 Å². The zero-order valence-corrected chi connectivity index (χ0v) is 16.8. The molecule has 1 aliphatic carbocycles. The lowest BCUT2D eigenvalue weighted by atomic mass is 9.96. The molecule has 2 aliphatic rings. The van der Waals surface area contributed by atoms with Crippen LogP contribution < -0.4 is 14.4 Å². The van der Waals surface area contributed by atoms with Crippen LogP contribution >= 0.6 is 0 Å². The van der Waals surface area contributed by atoms with Gasteiger partial charge in [0.15, 0.2) is 0 Å². The van der Waals surface area contributed by atoms with Crippen LogP contribution in [0.3, 0.4) is 0 Å². The van der Waals surface area contributed by atoms with Gasteiger partial charge in [0.2, 0.25) is 0 Å². The van der Waals surface area contributed by atoms with E-state index in [1.165, 1.54) is 24.1 Å². The van der Waals surface area contributed by atoms with Crippen molar-refractivity contribution in [2.45, 2.75) is 45.1 Å². The number of anilines is 1. The van der Waals surface area contributed by atoms with E-state index in [9.17, 15) is 4.79 Å². The lowest BCUT2D eigenvalue weighted by molar-refractivity contribution is -0.117. The summed E-state index contributed by atoms with van der Waals surface area (Å²) < 4.78 is 12.0. The van der Waals surface area contributed by atoms with Crippen LogP contribution in [-0.2, 0) is 4.79 Å². The SMILES string of the molecule is CC(=O)C[C@@H](C)c1ccc(OC2CN(c3cccc(OCC4CC4)c3)C2)cc1. The average molecular weight is 380 g/mol. The maximum Gasteiger partial charge on any atom is 0.133 e. The monoisotopic (exact) mass is 379 g/mol. The minimum absolute atomic E-state index is 0.205. The van der Waals surface area contributed by atoms with Crippen molar-refractivity contribution in [3.05, 3.63) is 54.1 Å². The molecule has 2 aromatic rings. The highest BCUT2D eigenvalue weighted by Gasteiger charge is 2.29. The Morgan fingerprint density at radius 2 is 1.86 bits per heavy atom. The molecule has 0 radical (unpaired) electrons. The Bertz CT molecular complexity index is 807. The number of rotatable bonds is 9. The summed E-state index contributed by atoms with van der Waals surface area (Å²) in [5.74, 6) is 3.10. The molecule has 2 fully saturated rings. The van der Waals surface area contributed by atoms with E-state index in [4.69, 9.17) is 9.47 Å². The molecule has 0 aromatic heterocycles. The topological polar surface area (TPSA) is 38.8 Å². The zero-order chi connectivity index (χ0) is 19.5. The van der Waals surface area contributed by atoms with Crippen molar-refractivity contribution in [1.82, 2.24) is 0 Å². The fourth-order valence-electron chi connectivity index (χ4n) is 3.61. The highest BCUT2D eigenvalue weighted by molar-refractivity contribution is 5.76. The quantitative estimate of drug-likeness (QED) is 0.626. The van der Waals surface area contributed by atoms with Gasteiger partial charge in [-0.15, -0.1) is 0 Å². The van der Waals surface area contributed by atoms with Crippen LogP contribution in [0.15, 0.2) is 48.5 Å². The number of carbonyl (C=O) groups is 1. The summed E-state index contributed by atoms with van der Waals surface area (Å²) in [4.78, 5) is 13.6. The molecule has 2 aromatic carbocycles. The normalized spacial score (nSPS) is 17.7. The largest absolute Gasteiger partial charge is 0.493 e. The Hall–Kier alpha value is -2.49. The average Bonchev–Trinajstić information content (AvgIpc) is 3.47. The lowest BCUT2D eigenvalue weighted by Crippen LogP contribution is -2.54. The molecular formula is C24H29NO3. The number of carbonyl (C=O) groups excluding carboxylic acids is 1. The fraction of sp³-hybridized carbons (Fsp3) is 0.458. The molecule has 0 N–H and O–H groups in total. The molecule has 0 spiro atoms. The molecule has 1 saturated heterocycles. The third-order valence-corrected chi connectivity index (χ3v) is 5.56. The van der Waals surface area contributed by atoms with E-state index in [2.05, 4.69) is 42.2 Å². The highest BCUT2D eigenvalue weighted by Crippen LogP contribution is 2.31. The second kappa shape index (κ2) is 8.26. The maximum atomic E-state index is 11.3. The van der Waals surface area contributed by atoms with Gasteiger partial charge in [0.05, 0.1) is 19.7 Å². The number of nitrogens with zero attached hydrogens (tertiary/aromatic N) is 1. The van der Waals surface area contributed by atoms with Crippen molar-refractivity contribution in [1.29, 1.82) is 0 Å². The summed E-state index contributed by atoms with van der Waals surface area (Å²) in [7, 11) is 0. The summed E-state index contributed by atoms with van der Waals surface area (Å²) in [6.45, 7) is 6.34. The fourth-order valence-corrected chi connectivity index (χ4v) is 3.61. The van der Waals surface area contributed by atoms with Crippen LogP contribution in [0.25, 0.3) is 0 Å². The molecule has 4 heteroatoms. The van der Waals surface area contributed by atoms with Crippen molar-refractivity contribution < 1.29 is 14.3 Å². The standard InChI is InChI=1S/C24H29NO3/c1-17(12-18(2)26)20-8-10-22(11-9-20)28-24-14-25(15-24)21-4-3-5-23(13-21)27-16-19-6-7-19/h3-5,8-11,13,17,19,24H,6-7,12,14-16H2,1-2H3/t17-/m1/s1. The Morgan fingerprint density at radius 1 is 1.11 bits per heavy atom. The van der Waals surface area contributed by atoms with Crippen LogP contribution in [-0.4, -0.2) is 31.6 Å². The Labute approximate surface area is 167 Å². The maximum absolute atomic E-state index is 11.3. The lowest BCUT2D eigenvalue weighted by Gasteiger charge is -2.40. The molecule has 1 atom stereocenters. The molecule has 0 unspecified atom stereocenters. The van der Waals surface area contributed by atoms with Crippen LogP contribution in [0.4, 0.5) is 5.69 Å². The van der Waals surface area contributed by atoms with Crippen molar-refractivity contribution in [2.24, 2.45) is 5.92 Å². The summed E-state index contributed by atoms with van der Waals surface area (Å²) in [5, 5.41) is 0. The van der Waals surface area contributed by atoms with Gasteiger partial charge in [-0.05, 0) is 61.4 Å². The summed E-state index contributed by atoms with van der Waals surface area (Å²) >= 11 is 0. The smallest absolute Gasteiger partial charge is 0.133 e. The number of benzene rings is 2. The van der Waals surface area contributed by atoms with E-state index in [1.54, 1.807) is 6.92 Å². The molecule has 28 heavy (non-hydrogen) atoms. The first-order valence-electron chi connectivity index (χ1n) is 10.3. The zero-order valence-electron chi connectivity index (χ0n) is 16.8. The third kappa shape index (κ3) is 4.86. The summed E-state index contributed by atoms with van der Waals surface area (Å²) in [6.07, 6.45) is 3.40. The van der Waals surface area contributed by atoms with Gasteiger partial charge in [-0.3, -0.25) is 0 Å². The minimum atomic E-state index is 0.205. The van der Waals surface area contributed by atoms with E-state index in [0.717, 1.165) is 37.1 Å². The molecule has 0 bridgehead atoms. The van der Waals surface area contributed by atoms with E-state index in [0.29, 0.717) is 6.42 Å². The molecule has 0 amide bonds. The van der Waals surface area contributed by atoms with Crippen molar-refractivity contribution >= 4 is 11.5 Å². The van der Waals surface area contributed by atoms with Crippen LogP contribution in [0.5, 0.6) is 11.5 Å². The molecule has 1 saturated carbocycles. The van der Waals surface area contributed by atoms with Gasteiger partial charge in [0, 0.05) is 18.2 Å². The Balaban J connectivity index is 1.26. The number of ketones is 1. The number of hydrogen-bond donors (Lipinski definition) is 0. The molecular weight excluding hydrogens is 350 g/mol. The van der Waals surface area contributed by atoms with Gasteiger partial charge >= 0.3 is 0 Å². The number of Topliss-reactive ketones (excluding diaryl/α,β-unsaturated/α-hetero) is 1. The molecule has 1 heterocycles. The van der Waals surface area contributed by atoms with Gasteiger partial charge in [0.25, 0.3) is 0 Å². The van der Waals surface area contributed by atoms with Crippen molar-refractivity contribution in [2.75, 3.05) is 24.6 Å². The van der Waals surface area contributed by atoms with Crippen LogP contribution in [0.2, 0.25) is 0 Å². The van der Waals surface area contributed by atoms with Crippen molar-refractivity contribution in [3.63, 3.8) is 0 Å². The van der Waals surface area contributed by atoms with Gasteiger partial charge in [-0.2, -0.15) is 0 Å². The Kier molecular flexibility index (Phi) is 5.56. The molecule has 4 nitrogen and oxygen atoms in total. The minimum Gasteiger partial charge on any atom is -0.493 e. The summed E-state index contributed by atoms with van der Waals surface area (Å²) in [5.41, 5.74) is 2.38. The van der Waals surface area contributed by atoms with Crippen LogP contribution in [0, 0.1) is 5.92 Å². The van der Waals surface area contributed by atoms with Crippen molar-refractivity contribution in [3.8, 4) is 11.5 Å². The first kappa shape index (κ1) is 18.9. The first-order chi connectivity index (χ1) is 13.6. The molecule has 148 valence electrons. The number of ether oxygens (including phenoxy) is 2. The van der Waals surface area contributed by atoms with Crippen LogP contribution in [0.1, 0.15) is 44.6 Å². The van der Waals surface area contributed by atoms with Gasteiger partial charge in [-0.1, -0.05) is 25.1 Å². The molecule has 4 rings (SSSR count). The third-order valence-electron chi connectivity index (χ3n) is 5.56. The first-order valence-corrected chi connectivity index (χ1v) is 10.3. The van der Waals surface area contributed by atoms with E-state index in [-0.39, 0.29) is 17.8 Å². The summed E-state index contributed by atoms with van der Waals surface area (Å²) in [6, 6.07) is 16.5. The predicted octanol–water partition coefficient (Wildman–Crippen LogP) is 4.83. The predicted molar refractivity (Wildman–Crippen MR) is 111 cm³/mol. The van der Waals surface area contributed by atoms with E-state index in [1.807, 2.05) is 18.2 Å². The van der Waals surface area contributed by atoms with E-state index < -0.39 is 0 Å².